The summed E-state index contributed by atoms with van der Waals surface area (Å²) in [5.41, 5.74) is -8.93. The predicted octanol–water partition coefficient (Wildman–Crippen LogP) is 3.83. The maximum absolute atomic E-state index is 15.0. The van der Waals surface area contributed by atoms with Gasteiger partial charge in [-0.25, -0.2) is 9.97 Å². The van der Waals surface area contributed by atoms with Crippen LogP contribution >= 0.6 is 0 Å². The SMILES string of the molecule is CC1N(c2ncccn2)C(c2cccnn2)(C(F)(F)F)C1(c1ccccn1)C(F)(F)F. The molecule has 4 heterocycles. The lowest BCUT2D eigenvalue weighted by Gasteiger charge is -2.68. The third kappa shape index (κ3) is 2.56. The molecular formula is C19H14F6N6. The fourth-order valence-electron chi connectivity index (χ4n) is 4.56. The second kappa shape index (κ2) is 6.86. The van der Waals surface area contributed by atoms with E-state index in [4.69, 9.17) is 0 Å². The highest BCUT2D eigenvalue weighted by Gasteiger charge is 2.91. The number of alkyl halides is 6. The molecule has 0 N–H and O–H groups in total. The van der Waals surface area contributed by atoms with Gasteiger partial charge < -0.3 is 4.90 Å². The van der Waals surface area contributed by atoms with Crippen LogP contribution in [0.1, 0.15) is 18.3 Å². The Kier molecular flexibility index (Phi) is 4.63. The highest BCUT2D eigenvalue weighted by atomic mass is 19.4. The molecule has 3 atom stereocenters. The lowest BCUT2D eigenvalue weighted by Crippen LogP contribution is -2.89. The Hall–Kier alpha value is -3.31. The van der Waals surface area contributed by atoms with Crippen molar-refractivity contribution in [3.05, 3.63) is 72.6 Å². The molecule has 0 radical (unpaired) electrons. The molecule has 6 nitrogen and oxygen atoms in total. The maximum Gasteiger partial charge on any atom is 0.419 e. The first-order valence-corrected chi connectivity index (χ1v) is 8.99. The van der Waals surface area contributed by atoms with Crippen molar-refractivity contribution in [1.29, 1.82) is 0 Å². The molecule has 1 saturated heterocycles. The first-order chi connectivity index (χ1) is 14.6. The topological polar surface area (TPSA) is 67.7 Å². The fraction of sp³-hybridized carbons (Fsp3) is 0.316. The average Bonchev–Trinajstić information content (AvgIpc) is 2.72. The zero-order valence-corrected chi connectivity index (χ0v) is 15.8. The van der Waals surface area contributed by atoms with Crippen LogP contribution in [-0.2, 0) is 11.0 Å². The summed E-state index contributed by atoms with van der Waals surface area (Å²) in [5.74, 6) is -0.520. The second-order valence-electron chi connectivity index (χ2n) is 6.93. The van der Waals surface area contributed by atoms with Crippen LogP contribution in [0, 0.1) is 0 Å². The van der Waals surface area contributed by atoms with Gasteiger partial charge in [-0.05, 0) is 37.3 Å². The summed E-state index contributed by atoms with van der Waals surface area (Å²) in [7, 11) is 0. The van der Waals surface area contributed by atoms with E-state index in [-0.39, 0.29) is 0 Å². The molecule has 12 heteroatoms. The van der Waals surface area contributed by atoms with Crippen molar-refractivity contribution in [2.24, 2.45) is 0 Å². The van der Waals surface area contributed by atoms with E-state index < -0.39 is 46.7 Å². The van der Waals surface area contributed by atoms with E-state index in [0.29, 0.717) is 4.90 Å². The minimum absolute atomic E-state index is 0.499. The van der Waals surface area contributed by atoms with Crippen LogP contribution in [0.3, 0.4) is 0 Å². The Balaban J connectivity index is 2.17. The van der Waals surface area contributed by atoms with E-state index in [9.17, 15) is 26.3 Å². The molecular weight excluding hydrogens is 426 g/mol. The molecule has 3 aromatic heterocycles. The van der Waals surface area contributed by atoms with Crippen molar-refractivity contribution in [2.75, 3.05) is 4.90 Å². The Bertz CT molecular complexity index is 1050. The van der Waals surface area contributed by atoms with Gasteiger partial charge in [0, 0.05) is 24.8 Å². The Labute approximate surface area is 172 Å². The van der Waals surface area contributed by atoms with Gasteiger partial charge in [-0.3, -0.25) is 4.98 Å². The van der Waals surface area contributed by atoms with Crippen LogP contribution in [0.2, 0.25) is 0 Å². The number of pyridine rings is 1. The fourth-order valence-corrected chi connectivity index (χ4v) is 4.56. The van der Waals surface area contributed by atoms with Crippen molar-refractivity contribution < 1.29 is 26.3 Å². The van der Waals surface area contributed by atoms with Gasteiger partial charge in [-0.2, -0.15) is 36.5 Å². The second-order valence-corrected chi connectivity index (χ2v) is 6.93. The van der Waals surface area contributed by atoms with E-state index in [0.717, 1.165) is 49.9 Å². The molecule has 1 aliphatic rings. The first kappa shape index (κ1) is 20.9. The van der Waals surface area contributed by atoms with Gasteiger partial charge in [0.1, 0.15) is 0 Å². The quantitative estimate of drug-likeness (QED) is 0.577. The zero-order chi connectivity index (χ0) is 22.5. The number of rotatable bonds is 3. The Morgan fingerprint density at radius 2 is 1.42 bits per heavy atom. The number of halogens is 6. The largest absolute Gasteiger partial charge is 0.419 e. The minimum atomic E-state index is -5.47. The molecule has 0 saturated carbocycles. The van der Waals surface area contributed by atoms with Gasteiger partial charge in [0.2, 0.25) is 11.5 Å². The van der Waals surface area contributed by atoms with Crippen LogP contribution in [-0.4, -0.2) is 43.5 Å². The monoisotopic (exact) mass is 440 g/mol. The molecule has 0 aliphatic carbocycles. The van der Waals surface area contributed by atoms with Crippen molar-refractivity contribution in [1.82, 2.24) is 25.1 Å². The Morgan fingerprint density at radius 3 is 1.94 bits per heavy atom. The van der Waals surface area contributed by atoms with E-state index in [1.54, 1.807) is 0 Å². The molecule has 31 heavy (non-hydrogen) atoms. The smallest absolute Gasteiger partial charge is 0.316 e. The molecule has 0 bridgehead atoms. The predicted molar refractivity (Wildman–Crippen MR) is 95.7 cm³/mol. The molecule has 0 aromatic carbocycles. The number of hydrogen-bond donors (Lipinski definition) is 0. The number of hydrogen-bond acceptors (Lipinski definition) is 6. The summed E-state index contributed by atoms with van der Waals surface area (Å²) in [5, 5.41) is 6.92. The van der Waals surface area contributed by atoms with E-state index >= 15 is 0 Å². The molecule has 3 unspecified atom stereocenters. The summed E-state index contributed by atoms with van der Waals surface area (Å²) in [4.78, 5) is 11.8. The summed E-state index contributed by atoms with van der Waals surface area (Å²) >= 11 is 0. The van der Waals surface area contributed by atoms with Crippen LogP contribution < -0.4 is 4.90 Å². The first-order valence-electron chi connectivity index (χ1n) is 8.99. The van der Waals surface area contributed by atoms with Gasteiger partial charge in [0.25, 0.3) is 0 Å². The molecule has 0 spiro atoms. The molecule has 3 aromatic rings. The number of anilines is 1. The summed E-state index contributed by atoms with van der Waals surface area (Å²) in [6.45, 7) is 1.04. The minimum Gasteiger partial charge on any atom is -0.316 e. The summed E-state index contributed by atoms with van der Waals surface area (Å²) in [6.07, 6.45) is -6.44. The maximum atomic E-state index is 15.0. The van der Waals surface area contributed by atoms with Crippen LogP contribution in [0.4, 0.5) is 32.3 Å². The van der Waals surface area contributed by atoms with E-state index in [2.05, 4.69) is 25.1 Å². The van der Waals surface area contributed by atoms with Crippen molar-refractivity contribution in [3.63, 3.8) is 0 Å². The van der Waals surface area contributed by atoms with Crippen molar-refractivity contribution >= 4 is 5.95 Å². The van der Waals surface area contributed by atoms with Crippen LogP contribution in [0.15, 0.2) is 61.2 Å². The van der Waals surface area contributed by atoms with Crippen molar-refractivity contribution in [3.8, 4) is 0 Å². The summed E-state index contributed by atoms with van der Waals surface area (Å²) in [6, 6.07) is 5.02. The van der Waals surface area contributed by atoms with Gasteiger partial charge in [0.15, 0.2) is 5.41 Å². The average molecular weight is 440 g/mol. The third-order valence-electron chi connectivity index (χ3n) is 5.58. The molecule has 0 amide bonds. The van der Waals surface area contributed by atoms with E-state index in [1.165, 1.54) is 18.2 Å². The van der Waals surface area contributed by atoms with Crippen molar-refractivity contribution in [2.45, 2.75) is 36.3 Å². The molecule has 162 valence electrons. The highest BCUT2D eigenvalue weighted by Crippen LogP contribution is 2.70. The standard InChI is InChI=1S/C19H14F6N6/c1-12-16(18(20,21)22,13-6-2-3-8-26-13)17(19(23,24)25,14-7-4-11-29-30-14)31(12)15-27-9-5-10-28-15/h2-12H,1H3. The zero-order valence-electron chi connectivity index (χ0n) is 15.8. The molecule has 1 aliphatic heterocycles. The lowest BCUT2D eigenvalue weighted by molar-refractivity contribution is -0.322. The summed E-state index contributed by atoms with van der Waals surface area (Å²) < 4.78 is 89.4. The normalized spacial score (nSPS) is 26.4. The lowest BCUT2D eigenvalue weighted by atomic mass is 9.51. The van der Waals surface area contributed by atoms with Gasteiger partial charge in [0.05, 0.1) is 17.4 Å². The molecule has 1 fully saturated rings. The number of nitrogens with zero attached hydrogens (tertiary/aromatic N) is 6. The number of aromatic nitrogens is 5. The third-order valence-corrected chi connectivity index (χ3v) is 5.58. The van der Waals surface area contributed by atoms with E-state index in [1.807, 2.05) is 0 Å². The molecule has 4 rings (SSSR count). The van der Waals surface area contributed by atoms with Gasteiger partial charge >= 0.3 is 12.4 Å². The van der Waals surface area contributed by atoms with Gasteiger partial charge in [-0.1, -0.05) is 6.07 Å². The highest BCUT2D eigenvalue weighted by molar-refractivity contribution is 5.60. The Morgan fingerprint density at radius 1 is 0.774 bits per heavy atom. The van der Waals surface area contributed by atoms with Gasteiger partial charge in [-0.15, -0.1) is 0 Å². The van der Waals surface area contributed by atoms with Crippen LogP contribution in [0.25, 0.3) is 0 Å². The van der Waals surface area contributed by atoms with Crippen LogP contribution in [0.5, 0.6) is 0 Å².